The van der Waals surface area contributed by atoms with Gasteiger partial charge in [0, 0.05) is 17.9 Å². The molecule has 0 aliphatic carbocycles. The third-order valence-electron chi connectivity index (χ3n) is 2.06. The molecular formula is C11H13ClFNO. The van der Waals surface area contributed by atoms with Crippen LogP contribution in [-0.2, 0) is 11.2 Å². The van der Waals surface area contributed by atoms with Crippen LogP contribution in [0.15, 0.2) is 18.2 Å². The molecule has 0 aliphatic rings. The highest BCUT2D eigenvalue weighted by molar-refractivity contribution is 6.31. The molecule has 0 radical (unpaired) electrons. The predicted molar refractivity (Wildman–Crippen MR) is 58.4 cm³/mol. The average Bonchev–Trinajstić information content (AvgIpc) is 2.19. The van der Waals surface area contributed by atoms with Crippen LogP contribution in [0.25, 0.3) is 0 Å². The number of ketones is 1. The highest BCUT2D eigenvalue weighted by Crippen LogP contribution is 2.18. The maximum atomic E-state index is 12.7. The minimum absolute atomic E-state index is 0.0777. The van der Waals surface area contributed by atoms with Crippen molar-refractivity contribution in [2.45, 2.75) is 19.3 Å². The van der Waals surface area contributed by atoms with Crippen LogP contribution >= 0.6 is 11.6 Å². The lowest BCUT2D eigenvalue weighted by Crippen LogP contribution is -2.07. The number of carbonyl (C=O) groups is 1. The number of benzene rings is 1. The molecule has 0 spiro atoms. The van der Waals surface area contributed by atoms with Gasteiger partial charge in [-0.1, -0.05) is 17.7 Å². The molecule has 0 atom stereocenters. The van der Waals surface area contributed by atoms with Crippen LogP contribution in [0.4, 0.5) is 4.39 Å². The van der Waals surface area contributed by atoms with Crippen molar-refractivity contribution < 1.29 is 9.18 Å². The molecule has 1 aromatic rings. The summed E-state index contributed by atoms with van der Waals surface area (Å²) in [7, 11) is 0. The number of halogens is 2. The largest absolute Gasteiger partial charge is 0.330 e. The molecule has 0 aromatic heterocycles. The maximum absolute atomic E-state index is 12.7. The fourth-order valence-electron chi connectivity index (χ4n) is 1.27. The molecule has 0 bridgehead atoms. The second kappa shape index (κ2) is 5.83. The number of hydrogen-bond donors (Lipinski definition) is 1. The van der Waals surface area contributed by atoms with Crippen LogP contribution in [-0.4, -0.2) is 12.3 Å². The predicted octanol–water partition coefficient (Wildman–Crippen LogP) is 2.33. The van der Waals surface area contributed by atoms with Gasteiger partial charge in [-0.3, -0.25) is 4.79 Å². The van der Waals surface area contributed by atoms with E-state index in [2.05, 4.69) is 0 Å². The fourth-order valence-corrected chi connectivity index (χ4v) is 1.50. The molecule has 1 aromatic carbocycles. The van der Waals surface area contributed by atoms with E-state index < -0.39 is 5.82 Å². The second-order valence-electron chi connectivity index (χ2n) is 3.34. The zero-order valence-electron chi connectivity index (χ0n) is 8.30. The van der Waals surface area contributed by atoms with Gasteiger partial charge < -0.3 is 5.73 Å². The summed E-state index contributed by atoms with van der Waals surface area (Å²) < 4.78 is 12.7. The Kier molecular flexibility index (Phi) is 4.72. The Morgan fingerprint density at radius 1 is 1.47 bits per heavy atom. The summed E-state index contributed by atoms with van der Waals surface area (Å²) in [6.45, 7) is 0.503. The smallest absolute Gasteiger partial charge is 0.137 e. The minimum Gasteiger partial charge on any atom is -0.330 e. The number of rotatable bonds is 5. The Labute approximate surface area is 93.2 Å². The van der Waals surface area contributed by atoms with Crippen LogP contribution in [0.3, 0.4) is 0 Å². The molecule has 2 N–H and O–H groups in total. The molecule has 0 aliphatic heterocycles. The lowest BCUT2D eigenvalue weighted by molar-refractivity contribution is -0.118. The molecule has 0 amide bonds. The first kappa shape index (κ1) is 12.1. The van der Waals surface area contributed by atoms with Crippen LogP contribution in [0.5, 0.6) is 0 Å². The van der Waals surface area contributed by atoms with Crippen molar-refractivity contribution in [3.63, 3.8) is 0 Å². The van der Waals surface area contributed by atoms with Crippen molar-refractivity contribution >= 4 is 17.4 Å². The summed E-state index contributed by atoms with van der Waals surface area (Å²) >= 11 is 5.79. The lowest BCUT2D eigenvalue weighted by Gasteiger charge is -2.03. The van der Waals surface area contributed by atoms with Crippen molar-refractivity contribution in [3.05, 3.63) is 34.6 Å². The molecule has 0 saturated heterocycles. The first-order chi connectivity index (χ1) is 7.13. The Bertz CT molecular complexity index is 354. The van der Waals surface area contributed by atoms with E-state index in [0.717, 1.165) is 0 Å². The Morgan fingerprint density at radius 2 is 2.20 bits per heavy atom. The van der Waals surface area contributed by atoms with E-state index >= 15 is 0 Å². The first-order valence-electron chi connectivity index (χ1n) is 4.79. The summed E-state index contributed by atoms with van der Waals surface area (Å²) in [5.74, 6) is -0.313. The molecular weight excluding hydrogens is 217 g/mol. The van der Waals surface area contributed by atoms with Crippen LogP contribution in [0, 0.1) is 5.82 Å². The van der Waals surface area contributed by atoms with Gasteiger partial charge in [0.2, 0.25) is 0 Å². The van der Waals surface area contributed by atoms with Crippen molar-refractivity contribution in [2.75, 3.05) is 6.54 Å². The SMILES string of the molecule is NCCCC(=O)Cc1ccc(F)cc1Cl. The van der Waals surface area contributed by atoms with Gasteiger partial charge in [-0.25, -0.2) is 4.39 Å². The van der Waals surface area contributed by atoms with E-state index in [1.54, 1.807) is 0 Å². The van der Waals surface area contributed by atoms with Gasteiger partial charge in [-0.2, -0.15) is 0 Å². The van der Waals surface area contributed by atoms with Gasteiger partial charge in [0.1, 0.15) is 11.6 Å². The summed E-state index contributed by atoms with van der Waals surface area (Å²) in [5, 5.41) is 0.302. The van der Waals surface area contributed by atoms with E-state index in [9.17, 15) is 9.18 Å². The highest BCUT2D eigenvalue weighted by atomic mass is 35.5. The third kappa shape index (κ3) is 3.98. The molecule has 0 fully saturated rings. The summed E-state index contributed by atoms with van der Waals surface area (Å²) in [4.78, 5) is 11.4. The number of Topliss-reactive ketones (excluding diaryl/α,β-unsaturated/α-hetero) is 1. The van der Waals surface area contributed by atoms with E-state index in [4.69, 9.17) is 17.3 Å². The Hall–Kier alpha value is -0.930. The minimum atomic E-state index is -0.391. The summed E-state index contributed by atoms with van der Waals surface area (Å²) in [5.41, 5.74) is 5.96. The monoisotopic (exact) mass is 229 g/mol. The fraction of sp³-hybridized carbons (Fsp3) is 0.364. The van der Waals surface area contributed by atoms with Gasteiger partial charge in [0.25, 0.3) is 0 Å². The normalized spacial score (nSPS) is 10.3. The van der Waals surface area contributed by atoms with Gasteiger partial charge in [0.05, 0.1) is 0 Å². The van der Waals surface area contributed by atoms with E-state index in [-0.39, 0.29) is 12.2 Å². The molecule has 0 heterocycles. The van der Waals surface area contributed by atoms with Crippen molar-refractivity contribution in [1.82, 2.24) is 0 Å². The van der Waals surface area contributed by atoms with E-state index in [1.807, 2.05) is 0 Å². The van der Waals surface area contributed by atoms with E-state index in [0.29, 0.717) is 30.0 Å². The number of nitrogens with two attached hydrogens (primary N) is 1. The zero-order valence-corrected chi connectivity index (χ0v) is 9.06. The molecule has 2 nitrogen and oxygen atoms in total. The molecule has 1 rings (SSSR count). The third-order valence-corrected chi connectivity index (χ3v) is 2.41. The maximum Gasteiger partial charge on any atom is 0.137 e. The van der Waals surface area contributed by atoms with Crippen molar-refractivity contribution in [3.8, 4) is 0 Å². The quantitative estimate of drug-likeness (QED) is 0.842. The average molecular weight is 230 g/mol. The van der Waals surface area contributed by atoms with Gasteiger partial charge in [-0.05, 0) is 30.7 Å². The van der Waals surface area contributed by atoms with Crippen molar-refractivity contribution in [2.24, 2.45) is 5.73 Å². The molecule has 4 heteroatoms. The number of carbonyl (C=O) groups excluding carboxylic acids is 1. The molecule has 15 heavy (non-hydrogen) atoms. The standard InChI is InChI=1S/C11H13ClFNO/c12-11-7-9(13)4-3-8(11)6-10(15)2-1-5-14/h3-4,7H,1-2,5-6,14H2. The topological polar surface area (TPSA) is 43.1 Å². The summed E-state index contributed by atoms with van der Waals surface area (Å²) in [6.07, 6.45) is 1.38. The van der Waals surface area contributed by atoms with Crippen molar-refractivity contribution in [1.29, 1.82) is 0 Å². The van der Waals surface area contributed by atoms with Gasteiger partial charge in [0.15, 0.2) is 0 Å². The lowest BCUT2D eigenvalue weighted by atomic mass is 10.1. The van der Waals surface area contributed by atoms with Gasteiger partial charge in [-0.15, -0.1) is 0 Å². The van der Waals surface area contributed by atoms with Gasteiger partial charge >= 0.3 is 0 Å². The Morgan fingerprint density at radius 3 is 2.80 bits per heavy atom. The molecule has 0 unspecified atom stereocenters. The van der Waals surface area contributed by atoms with Crippen LogP contribution in [0.2, 0.25) is 5.02 Å². The second-order valence-corrected chi connectivity index (χ2v) is 3.75. The Balaban J connectivity index is 2.60. The zero-order chi connectivity index (χ0) is 11.3. The van der Waals surface area contributed by atoms with E-state index in [1.165, 1.54) is 18.2 Å². The van der Waals surface area contributed by atoms with Crippen LogP contribution < -0.4 is 5.73 Å². The first-order valence-corrected chi connectivity index (χ1v) is 5.17. The molecule has 82 valence electrons. The number of hydrogen-bond acceptors (Lipinski definition) is 2. The van der Waals surface area contributed by atoms with Crippen LogP contribution in [0.1, 0.15) is 18.4 Å². The summed E-state index contributed by atoms with van der Waals surface area (Å²) in [6, 6.07) is 4.06. The molecule has 0 saturated carbocycles. The highest BCUT2D eigenvalue weighted by Gasteiger charge is 2.07.